The van der Waals surface area contributed by atoms with E-state index in [4.69, 9.17) is 5.73 Å². The van der Waals surface area contributed by atoms with Crippen molar-refractivity contribution in [3.8, 4) is 0 Å². The minimum absolute atomic E-state index is 0.117. The molecule has 0 radical (unpaired) electrons. The van der Waals surface area contributed by atoms with Gasteiger partial charge in [-0.2, -0.15) is 0 Å². The molecule has 1 aromatic carbocycles. The second kappa shape index (κ2) is 7.26. The highest BCUT2D eigenvalue weighted by Crippen LogP contribution is 2.12. The van der Waals surface area contributed by atoms with Crippen LogP contribution >= 0.6 is 0 Å². The summed E-state index contributed by atoms with van der Waals surface area (Å²) in [5.74, 6) is 0.303. The Labute approximate surface area is 116 Å². The summed E-state index contributed by atoms with van der Waals surface area (Å²) in [4.78, 5) is 14.0. The highest BCUT2D eigenvalue weighted by atomic mass is 16.2. The van der Waals surface area contributed by atoms with E-state index in [-0.39, 0.29) is 5.91 Å². The molecule has 4 nitrogen and oxygen atoms in total. The monoisotopic (exact) mass is 263 g/mol. The fraction of sp³-hybridized carbons (Fsp3) is 0.533. The van der Waals surface area contributed by atoms with Gasteiger partial charge in [-0.25, -0.2) is 0 Å². The van der Waals surface area contributed by atoms with Crippen LogP contribution in [0.4, 0.5) is 5.69 Å². The van der Waals surface area contributed by atoms with Gasteiger partial charge in [0.2, 0.25) is 5.91 Å². The summed E-state index contributed by atoms with van der Waals surface area (Å²) in [7, 11) is 4.06. The van der Waals surface area contributed by atoms with Gasteiger partial charge >= 0.3 is 0 Å². The molecule has 0 fully saturated rings. The zero-order valence-electron chi connectivity index (χ0n) is 12.3. The molecule has 19 heavy (non-hydrogen) atoms. The van der Waals surface area contributed by atoms with Crippen molar-refractivity contribution in [2.75, 3.05) is 19.4 Å². The topological polar surface area (TPSA) is 58.4 Å². The number of nitrogens with one attached hydrogen (secondary N) is 1. The van der Waals surface area contributed by atoms with Gasteiger partial charge in [-0.1, -0.05) is 26.0 Å². The van der Waals surface area contributed by atoms with Gasteiger partial charge in [-0.3, -0.25) is 4.79 Å². The molecule has 0 aliphatic rings. The summed E-state index contributed by atoms with van der Waals surface area (Å²) in [5.41, 5.74) is 7.86. The smallest absolute Gasteiger partial charge is 0.241 e. The van der Waals surface area contributed by atoms with Gasteiger partial charge in [0.15, 0.2) is 0 Å². The Balaban J connectivity index is 2.55. The third-order valence-electron chi connectivity index (χ3n) is 2.78. The van der Waals surface area contributed by atoms with Gasteiger partial charge in [0.1, 0.15) is 0 Å². The Hall–Kier alpha value is -1.39. The number of hydrogen-bond acceptors (Lipinski definition) is 3. The lowest BCUT2D eigenvalue weighted by atomic mass is 10.0. The van der Waals surface area contributed by atoms with E-state index in [1.807, 2.05) is 38.4 Å². The number of carbonyl (C=O) groups excluding carboxylic acids is 1. The van der Waals surface area contributed by atoms with Gasteiger partial charge in [-0.05, 0) is 44.1 Å². The maximum atomic E-state index is 11.9. The molecule has 0 aliphatic heterocycles. The van der Waals surface area contributed by atoms with E-state index in [1.165, 1.54) is 5.56 Å². The van der Waals surface area contributed by atoms with E-state index in [2.05, 4.69) is 24.1 Å². The maximum absolute atomic E-state index is 11.9. The SMILES string of the molecule is CC(C)C[C@H](N)C(=O)Nc1ccc(CN(C)C)cc1. The highest BCUT2D eigenvalue weighted by molar-refractivity contribution is 5.94. The van der Waals surface area contributed by atoms with Crippen LogP contribution in [-0.2, 0) is 11.3 Å². The molecule has 0 saturated carbocycles. The Bertz CT molecular complexity index is 398. The summed E-state index contributed by atoms with van der Waals surface area (Å²) in [6, 6.07) is 7.42. The molecule has 106 valence electrons. The quantitative estimate of drug-likeness (QED) is 0.826. The van der Waals surface area contributed by atoms with Crippen LogP contribution in [0, 0.1) is 5.92 Å². The van der Waals surface area contributed by atoms with E-state index in [0.717, 1.165) is 12.2 Å². The molecular formula is C15H25N3O. The number of benzene rings is 1. The number of rotatable bonds is 6. The van der Waals surface area contributed by atoms with Gasteiger partial charge in [0, 0.05) is 12.2 Å². The zero-order valence-corrected chi connectivity index (χ0v) is 12.3. The molecule has 1 atom stereocenters. The number of carbonyl (C=O) groups is 1. The van der Waals surface area contributed by atoms with Crippen molar-refractivity contribution >= 4 is 11.6 Å². The van der Waals surface area contributed by atoms with Crippen LogP contribution in [0.25, 0.3) is 0 Å². The number of anilines is 1. The minimum Gasteiger partial charge on any atom is -0.325 e. The van der Waals surface area contributed by atoms with Crippen LogP contribution in [-0.4, -0.2) is 30.9 Å². The lowest BCUT2D eigenvalue weighted by Gasteiger charge is -2.15. The van der Waals surface area contributed by atoms with E-state index in [9.17, 15) is 4.79 Å². The molecule has 1 rings (SSSR count). The molecule has 1 amide bonds. The largest absolute Gasteiger partial charge is 0.325 e. The standard InChI is InChI=1S/C15H25N3O/c1-11(2)9-14(16)15(19)17-13-7-5-12(6-8-13)10-18(3)4/h5-8,11,14H,9-10,16H2,1-4H3,(H,17,19)/t14-/m0/s1. The second-order valence-corrected chi connectivity index (χ2v) is 5.66. The molecule has 0 bridgehead atoms. The maximum Gasteiger partial charge on any atom is 0.241 e. The molecule has 0 heterocycles. The predicted octanol–water partition coefficient (Wildman–Crippen LogP) is 2.06. The third kappa shape index (κ3) is 5.85. The Kier molecular flexibility index (Phi) is 5.99. The van der Waals surface area contributed by atoms with Crippen LogP contribution in [0.3, 0.4) is 0 Å². The van der Waals surface area contributed by atoms with Crippen LogP contribution in [0.2, 0.25) is 0 Å². The number of hydrogen-bond donors (Lipinski definition) is 2. The van der Waals surface area contributed by atoms with Gasteiger partial charge in [0.25, 0.3) is 0 Å². The fourth-order valence-electron chi connectivity index (χ4n) is 1.91. The number of nitrogens with zero attached hydrogens (tertiary/aromatic N) is 1. The van der Waals surface area contributed by atoms with Crippen molar-refractivity contribution in [3.05, 3.63) is 29.8 Å². The molecule has 0 unspecified atom stereocenters. The molecule has 3 N–H and O–H groups in total. The number of nitrogens with two attached hydrogens (primary N) is 1. The van der Waals surface area contributed by atoms with Crippen LogP contribution in [0.5, 0.6) is 0 Å². The normalized spacial score (nSPS) is 12.8. The lowest BCUT2D eigenvalue weighted by molar-refractivity contribution is -0.117. The zero-order chi connectivity index (χ0) is 14.4. The fourth-order valence-corrected chi connectivity index (χ4v) is 1.91. The van der Waals surface area contributed by atoms with Crippen molar-refractivity contribution in [1.82, 2.24) is 4.90 Å². The first kappa shape index (κ1) is 15.7. The van der Waals surface area contributed by atoms with Gasteiger partial charge in [0.05, 0.1) is 6.04 Å². The first-order valence-electron chi connectivity index (χ1n) is 6.68. The van der Waals surface area contributed by atoms with Crippen molar-refractivity contribution in [3.63, 3.8) is 0 Å². The van der Waals surface area contributed by atoms with E-state index in [0.29, 0.717) is 12.3 Å². The molecule has 0 aliphatic carbocycles. The van der Waals surface area contributed by atoms with E-state index < -0.39 is 6.04 Å². The summed E-state index contributed by atoms with van der Waals surface area (Å²) in [6.07, 6.45) is 0.699. The Morgan fingerprint density at radius 3 is 2.32 bits per heavy atom. The Morgan fingerprint density at radius 2 is 1.84 bits per heavy atom. The van der Waals surface area contributed by atoms with E-state index in [1.54, 1.807) is 0 Å². The molecular weight excluding hydrogens is 238 g/mol. The second-order valence-electron chi connectivity index (χ2n) is 5.66. The van der Waals surface area contributed by atoms with Crippen LogP contribution in [0.15, 0.2) is 24.3 Å². The summed E-state index contributed by atoms with van der Waals surface area (Å²) < 4.78 is 0. The van der Waals surface area contributed by atoms with Crippen LogP contribution in [0.1, 0.15) is 25.8 Å². The van der Waals surface area contributed by atoms with Crippen LogP contribution < -0.4 is 11.1 Å². The van der Waals surface area contributed by atoms with Crippen molar-refractivity contribution in [1.29, 1.82) is 0 Å². The average Bonchev–Trinajstić information content (AvgIpc) is 2.30. The minimum atomic E-state index is -0.443. The first-order chi connectivity index (χ1) is 8.88. The van der Waals surface area contributed by atoms with Crippen molar-refractivity contribution in [2.24, 2.45) is 11.7 Å². The van der Waals surface area contributed by atoms with Crippen molar-refractivity contribution in [2.45, 2.75) is 32.9 Å². The summed E-state index contributed by atoms with van der Waals surface area (Å²) in [5, 5.41) is 2.85. The summed E-state index contributed by atoms with van der Waals surface area (Å²) >= 11 is 0. The van der Waals surface area contributed by atoms with Crippen molar-refractivity contribution < 1.29 is 4.79 Å². The molecule has 0 spiro atoms. The molecule has 0 aromatic heterocycles. The average molecular weight is 263 g/mol. The van der Waals surface area contributed by atoms with Gasteiger partial charge in [-0.15, -0.1) is 0 Å². The predicted molar refractivity (Wildman–Crippen MR) is 79.9 cm³/mol. The van der Waals surface area contributed by atoms with Gasteiger partial charge < -0.3 is 16.0 Å². The Morgan fingerprint density at radius 1 is 1.26 bits per heavy atom. The lowest BCUT2D eigenvalue weighted by Crippen LogP contribution is -2.36. The molecule has 1 aromatic rings. The molecule has 4 heteroatoms. The number of amides is 1. The molecule has 0 saturated heterocycles. The van der Waals surface area contributed by atoms with E-state index >= 15 is 0 Å². The third-order valence-corrected chi connectivity index (χ3v) is 2.78. The highest BCUT2D eigenvalue weighted by Gasteiger charge is 2.14. The first-order valence-corrected chi connectivity index (χ1v) is 6.68. The summed E-state index contributed by atoms with van der Waals surface area (Å²) in [6.45, 7) is 5.01.